The van der Waals surface area contributed by atoms with Gasteiger partial charge in [-0.3, -0.25) is 0 Å². The number of alkyl halides is 11. The summed E-state index contributed by atoms with van der Waals surface area (Å²) in [4.78, 5) is 0. The molecule has 0 rings (SSSR count). The van der Waals surface area contributed by atoms with Gasteiger partial charge in [-0.25, -0.2) is 8.39 Å². The smallest absolute Gasteiger partial charge is 0.211 e. The van der Waals surface area contributed by atoms with Crippen LogP contribution in [0.3, 0.4) is 0 Å². The van der Waals surface area contributed by atoms with Crippen LogP contribution < -0.4 is 0 Å². The van der Waals surface area contributed by atoms with Gasteiger partial charge in [-0.05, 0) is 0 Å². The van der Waals surface area contributed by atoms with E-state index >= 15 is 0 Å². The summed E-state index contributed by atoms with van der Waals surface area (Å²) in [5, 5.41) is 0. The Morgan fingerprint density at radius 2 is 1.05 bits per heavy atom. The monoisotopic (exact) mass is 368 g/mol. The number of halogens is 12. The zero-order chi connectivity index (χ0) is 16.8. The van der Waals surface area contributed by atoms with Crippen LogP contribution in [0.1, 0.15) is 0 Å². The second-order valence-electron chi connectivity index (χ2n) is 3.02. The number of hydrogen-bond donors (Lipinski definition) is 0. The van der Waals surface area contributed by atoms with E-state index < -0.39 is 40.3 Å². The van der Waals surface area contributed by atoms with Crippen molar-refractivity contribution in [3.63, 3.8) is 0 Å². The molecular weight excluding hydrogens is 369 g/mol. The molecule has 15 heteroatoms. The fraction of sp³-hybridized carbons (Fsp3) is 1.00. The van der Waals surface area contributed by atoms with Crippen LogP contribution in [0.4, 0.5) is 48.3 Å². The molecule has 0 saturated carbocycles. The van der Waals surface area contributed by atoms with Crippen LogP contribution in [0, 0.1) is 0 Å². The van der Waals surface area contributed by atoms with Crippen LogP contribution in [0.25, 0.3) is 0 Å². The predicted octanol–water partition coefficient (Wildman–Crippen LogP) is 3.88. The van der Waals surface area contributed by atoms with E-state index in [0.29, 0.717) is 0 Å². The largest absolute Gasteiger partial charge is 0.460 e. The maximum Gasteiger partial charge on any atom is 0.460 e. The molecule has 0 aliphatic rings. The zero-order valence-corrected chi connectivity index (χ0v) is 9.83. The Bertz CT molecular complexity index is 391. The molecule has 0 spiro atoms. The summed E-state index contributed by atoms with van der Waals surface area (Å²) in [6.45, 7) is 0. The molecule has 20 heavy (non-hydrogen) atoms. The minimum absolute atomic E-state index is 2.27. The molecule has 0 saturated heterocycles. The fourth-order valence-corrected chi connectivity index (χ4v) is 1.20. The van der Waals surface area contributed by atoms with Crippen molar-refractivity contribution in [2.24, 2.45) is 0 Å². The van der Waals surface area contributed by atoms with E-state index in [2.05, 4.69) is 14.9 Å². The van der Waals surface area contributed by atoms with Gasteiger partial charge in [-0.15, -0.1) is 0 Å². The molecule has 0 radical (unpaired) electrons. The van der Waals surface area contributed by atoms with Crippen LogP contribution in [0.5, 0.6) is 0 Å². The summed E-state index contributed by atoms with van der Waals surface area (Å²) >= 11 is 0. The highest BCUT2D eigenvalue weighted by atomic mass is 35.7. The first-order chi connectivity index (χ1) is 8.42. The Morgan fingerprint density at radius 1 is 0.700 bits per heavy atom. The molecule has 0 amide bonds. The summed E-state index contributed by atoms with van der Waals surface area (Å²) in [7, 11) is 0.223. The van der Waals surface area contributed by atoms with Gasteiger partial charge in [-0.1, -0.05) is 0 Å². The molecule has 0 bridgehead atoms. The molecule has 0 heterocycles. The van der Waals surface area contributed by atoms with Crippen molar-refractivity contribution in [2.45, 2.75) is 30.1 Å². The Morgan fingerprint density at radius 3 is 1.30 bits per heavy atom. The molecule has 0 aliphatic heterocycles. The van der Waals surface area contributed by atoms with Gasteiger partial charge in [-0.2, -0.15) is 48.3 Å². The van der Waals surface area contributed by atoms with Crippen molar-refractivity contribution in [3.8, 4) is 0 Å². The summed E-state index contributed by atoms with van der Waals surface area (Å²) in [6, 6.07) is 0. The SMILES string of the molecule is O=S(Cl)OC(F)(F)C(F)(F)C(F)(F)C(F)(F)C(F)(F)F. The lowest BCUT2D eigenvalue weighted by Gasteiger charge is -2.35. The lowest BCUT2D eigenvalue weighted by Crippen LogP contribution is -2.66. The fourth-order valence-electron chi connectivity index (χ4n) is 0.693. The van der Waals surface area contributed by atoms with E-state index in [9.17, 15) is 52.5 Å². The first-order valence-corrected chi connectivity index (χ1v) is 5.67. The van der Waals surface area contributed by atoms with Gasteiger partial charge in [0.05, 0.1) is 0 Å². The standard InChI is InChI=1S/C5ClF11O2S/c6-20(18)19-5(16,17)3(11,12)1(7,8)2(9,10)4(13,14)15. The van der Waals surface area contributed by atoms with Crippen molar-refractivity contribution in [1.82, 2.24) is 0 Å². The Kier molecular flexibility index (Phi) is 5.03. The Balaban J connectivity index is 5.86. The minimum atomic E-state index is -7.61. The van der Waals surface area contributed by atoms with Gasteiger partial charge in [0.2, 0.25) is 0 Å². The normalized spacial score (nSPS) is 17.2. The van der Waals surface area contributed by atoms with Gasteiger partial charge in [0.15, 0.2) is 0 Å². The molecule has 2 nitrogen and oxygen atoms in total. The molecule has 0 fully saturated rings. The second kappa shape index (κ2) is 5.12. The summed E-state index contributed by atoms with van der Waals surface area (Å²) in [5.74, 6) is -22.5. The van der Waals surface area contributed by atoms with Gasteiger partial charge in [0.25, 0.3) is 10.3 Å². The van der Waals surface area contributed by atoms with E-state index in [4.69, 9.17) is 0 Å². The topological polar surface area (TPSA) is 26.3 Å². The molecule has 0 aromatic carbocycles. The highest BCUT2D eigenvalue weighted by Crippen LogP contribution is 2.57. The maximum atomic E-state index is 12.6. The van der Waals surface area contributed by atoms with Gasteiger partial charge < -0.3 is 0 Å². The van der Waals surface area contributed by atoms with E-state index in [1.807, 2.05) is 0 Å². The van der Waals surface area contributed by atoms with Crippen molar-refractivity contribution in [3.05, 3.63) is 0 Å². The first kappa shape index (κ1) is 19.6. The minimum Gasteiger partial charge on any atom is -0.211 e. The Hall–Kier alpha value is -0.370. The molecular formula is C5ClF11O2S. The van der Waals surface area contributed by atoms with Crippen molar-refractivity contribution >= 4 is 21.0 Å². The van der Waals surface area contributed by atoms with E-state index in [-0.39, 0.29) is 0 Å². The molecule has 1 atom stereocenters. The number of rotatable bonds is 5. The van der Waals surface area contributed by atoms with Gasteiger partial charge in [0.1, 0.15) is 0 Å². The van der Waals surface area contributed by atoms with Crippen LogP contribution in [-0.2, 0) is 14.5 Å². The summed E-state index contributed by atoms with van der Waals surface area (Å²) in [5.41, 5.74) is 0. The zero-order valence-electron chi connectivity index (χ0n) is 8.26. The van der Waals surface area contributed by atoms with Crippen LogP contribution in [-0.4, -0.2) is 34.3 Å². The van der Waals surface area contributed by atoms with Crippen LogP contribution in [0.15, 0.2) is 0 Å². The second-order valence-corrected chi connectivity index (χ2v) is 4.33. The molecule has 0 N–H and O–H groups in total. The third kappa shape index (κ3) is 2.95. The van der Waals surface area contributed by atoms with Crippen molar-refractivity contribution in [1.29, 1.82) is 0 Å². The van der Waals surface area contributed by atoms with E-state index in [0.717, 1.165) is 0 Å². The quantitative estimate of drug-likeness (QED) is 0.544. The van der Waals surface area contributed by atoms with Gasteiger partial charge in [0, 0.05) is 10.7 Å². The average molecular weight is 369 g/mol. The third-order valence-electron chi connectivity index (χ3n) is 1.68. The lowest BCUT2D eigenvalue weighted by molar-refractivity contribution is -0.444. The Labute approximate surface area is 109 Å². The highest BCUT2D eigenvalue weighted by Gasteiger charge is 2.88. The van der Waals surface area contributed by atoms with Crippen molar-refractivity contribution < 1.29 is 56.7 Å². The predicted molar refractivity (Wildman–Crippen MR) is 40.9 cm³/mol. The van der Waals surface area contributed by atoms with Crippen LogP contribution in [0.2, 0.25) is 0 Å². The molecule has 0 aliphatic carbocycles. The molecule has 122 valence electrons. The first-order valence-electron chi connectivity index (χ1n) is 3.77. The maximum absolute atomic E-state index is 12.6. The third-order valence-corrected chi connectivity index (χ3v) is 2.21. The molecule has 1 unspecified atom stereocenters. The number of hydrogen-bond acceptors (Lipinski definition) is 2. The van der Waals surface area contributed by atoms with E-state index in [1.165, 1.54) is 0 Å². The van der Waals surface area contributed by atoms with Crippen LogP contribution >= 0.6 is 10.7 Å². The molecule has 0 aromatic rings. The van der Waals surface area contributed by atoms with E-state index in [1.54, 1.807) is 0 Å². The highest BCUT2D eigenvalue weighted by molar-refractivity contribution is 8.04. The lowest BCUT2D eigenvalue weighted by atomic mass is 10.0. The van der Waals surface area contributed by atoms with Crippen molar-refractivity contribution in [2.75, 3.05) is 0 Å². The summed E-state index contributed by atoms with van der Waals surface area (Å²) < 4.78 is 146. The molecule has 0 aromatic heterocycles. The van der Waals surface area contributed by atoms with Gasteiger partial charge >= 0.3 is 30.1 Å². The average Bonchev–Trinajstić information content (AvgIpc) is 2.12. The summed E-state index contributed by atoms with van der Waals surface area (Å²) in [6.07, 6.45) is -13.9.